The lowest BCUT2D eigenvalue weighted by Crippen LogP contribution is -2.40. The summed E-state index contributed by atoms with van der Waals surface area (Å²) in [7, 11) is 0. The lowest BCUT2D eigenvalue weighted by Gasteiger charge is -2.16. The van der Waals surface area contributed by atoms with Gasteiger partial charge in [0.2, 0.25) is 0 Å². The molecule has 2 atom stereocenters. The van der Waals surface area contributed by atoms with E-state index in [1.165, 1.54) is 18.2 Å². The highest BCUT2D eigenvalue weighted by atomic mass is 19.1. The molecule has 1 heterocycles. The van der Waals surface area contributed by atoms with E-state index >= 15 is 0 Å². The molecule has 6 heteroatoms. The molecule has 0 aliphatic heterocycles. The molecule has 1 aromatic heterocycles. The highest BCUT2D eigenvalue weighted by Crippen LogP contribution is 2.27. The summed E-state index contributed by atoms with van der Waals surface area (Å²) in [6.45, 7) is 0. The predicted octanol–water partition coefficient (Wildman–Crippen LogP) is 3.07. The third-order valence-corrected chi connectivity index (χ3v) is 4.12. The number of carbonyl (C=O) groups excluding carboxylic acids is 1. The molecular weight excluding hydrogens is 301 g/mol. The molecule has 5 nitrogen and oxygen atoms in total. The van der Waals surface area contributed by atoms with Crippen LogP contribution in [0, 0.1) is 11.7 Å². The Morgan fingerprint density at radius 3 is 2.70 bits per heavy atom. The number of carboxylic acid groups (broad SMARTS) is 1. The van der Waals surface area contributed by atoms with Crippen LogP contribution in [0.25, 0.3) is 11.3 Å². The van der Waals surface area contributed by atoms with E-state index in [1.54, 1.807) is 18.2 Å². The van der Waals surface area contributed by atoms with Crippen molar-refractivity contribution in [3.05, 3.63) is 48.0 Å². The summed E-state index contributed by atoms with van der Waals surface area (Å²) in [6.07, 6.45) is 1.95. The first-order valence-electron chi connectivity index (χ1n) is 7.44. The Morgan fingerprint density at radius 1 is 1.17 bits per heavy atom. The summed E-state index contributed by atoms with van der Waals surface area (Å²) in [5.74, 6) is -2.09. The smallest absolute Gasteiger partial charge is 0.308 e. The second-order valence-corrected chi connectivity index (χ2v) is 5.60. The highest BCUT2D eigenvalue weighted by Gasteiger charge is 2.34. The van der Waals surface area contributed by atoms with E-state index in [0.717, 1.165) is 6.42 Å². The topological polar surface area (TPSA) is 79.5 Å². The van der Waals surface area contributed by atoms with Gasteiger partial charge in [-0.25, -0.2) is 4.39 Å². The Bertz CT molecular complexity index is 740. The molecular formula is C17H16FNO4. The van der Waals surface area contributed by atoms with Gasteiger partial charge in [0, 0.05) is 6.04 Å². The molecule has 2 aromatic rings. The number of carboxylic acids is 1. The van der Waals surface area contributed by atoms with Crippen LogP contribution in [0.1, 0.15) is 29.8 Å². The third-order valence-electron chi connectivity index (χ3n) is 4.12. The quantitative estimate of drug-likeness (QED) is 0.908. The van der Waals surface area contributed by atoms with Crippen LogP contribution in [0.4, 0.5) is 4.39 Å². The summed E-state index contributed by atoms with van der Waals surface area (Å²) in [5.41, 5.74) is 0.274. The largest absolute Gasteiger partial charge is 0.481 e. The Morgan fingerprint density at radius 2 is 1.96 bits per heavy atom. The molecule has 1 amide bonds. The molecule has 0 unspecified atom stereocenters. The summed E-state index contributed by atoms with van der Waals surface area (Å²) >= 11 is 0. The number of hydrogen-bond acceptors (Lipinski definition) is 3. The zero-order chi connectivity index (χ0) is 16.4. The molecule has 0 saturated heterocycles. The zero-order valence-corrected chi connectivity index (χ0v) is 12.3. The first-order valence-corrected chi connectivity index (χ1v) is 7.44. The number of halogens is 1. The van der Waals surface area contributed by atoms with Gasteiger partial charge in [-0.1, -0.05) is 18.6 Å². The van der Waals surface area contributed by atoms with Crippen molar-refractivity contribution < 1.29 is 23.5 Å². The molecule has 3 rings (SSSR count). The standard InChI is InChI=1S/C17H16FNO4/c18-12-6-2-1-4-10(12)14-8-9-15(23-14)16(20)19-13-7-3-5-11(13)17(21)22/h1-2,4,6,8-9,11,13H,3,5,7H2,(H,19,20)(H,21,22)/t11-,13+/m1/s1. The van der Waals surface area contributed by atoms with E-state index < -0.39 is 29.7 Å². The van der Waals surface area contributed by atoms with Crippen molar-refractivity contribution in [3.63, 3.8) is 0 Å². The zero-order valence-electron chi connectivity index (χ0n) is 12.3. The Kier molecular flexibility index (Phi) is 4.14. The first kappa shape index (κ1) is 15.3. The van der Waals surface area contributed by atoms with Crippen molar-refractivity contribution >= 4 is 11.9 Å². The molecule has 0 radical (unpaired) electrons. The van der Waals surface area contributed by atoms with Crippen molar-refractivity contribution in [2.24, 2.45) is 5.92 Å². The van der Waals surface area contributed by atoms with E-state index in [1.807, 2.05) is 0 Å². The molecule has 1 fully saturated rings. The second-order valence-electron chi connectivity index (χ2n) is 5.60. The number of carbonyl (C=O) groups is 2. The fraction of sp³-hybridized carbons (Fsp3) is 0.294. The van der Waals surface area contributed by atoms with E-state index in [-0.39, 0.29) is 17.1 Å². The van der Waals surface area contributed by atoms with Crippen molar-refractivity contribution in [1.82, 2.24) is 5.32 Å². The van der Waals surface area contributed by atoms with Crippen molar-refractivity contribution in [2.45, 2.75) is 25.3 Å². The number of furan rings is 1. The minimum absolute atomic E-state index is 0.0410. The first-order chi connectivity index (χ1) is 11.1. The number of hydrogen-bond donors (Lipinski definition) is 2. The fourth-order valence-electron chi connectivity index (χ4n) is 2.93. The van der Waals surface area contributed by atoms with E-state index in [0.29, 0.717) is 12.8 Å². The van der Waals surface area contributed by atoms with Crippen LogP contribution in [-0.4, -0.2) is 23.0 Å². The van der Waals surface area contributed by atoms with Gasteiger partial charge in [0.25, 0.3) is 5.91 Å². The van der Waals surface area contributed by atoms with Crippen LogP contribution in [0.3, 0.4) is 0 Å². The third kappa shape index (κ3) is 3.11. The lowest BCUT2D eigenvalue weighted by atomic mass is 10.0. The predicted molar refractivity (Wildman–Crippen MR) is 80.3 cm³/mol. The van der Waals surface area contributed by atoms with Gasteiger partial charge in [-0.2, -0.15) is 0 Å². The monoisotopic (exact) mass is 317 g/mol. The number of nitrogens with one attached hydrogen (secondary N) is 1. The minimum atomic E-state index is -0.903. The van der Waals surface area contributed by atoms with Crippen molar-refractivity contribution in [1.29, 1.82) is 0 Å². The van der Waals surface area contributed by atoms with Gasteiger partial charge in [0.1, 0.15) is 11.6 Å². The van der Waals surface area contributed by atoms with Gasteiger partial charge in [0.05, 0.1) is 11.5 Å². The van der Waals surface area contributed by atoms with E-state index in [2.05, 4.69) is 5.32 Å². The van der Waals surface area contributed by atoms with Crippen LogP contribution in [0.2, 0.25) is 0 Å². The molecule has 2 N–H and O–H groups in total. The van der Waals surface area contributed by atoms with Crippen LogP contribution in [0.15, 0.2) is 40.8 Å². The molecule has 1 aliphatic rings. The summed E-state index contributed by atoms with van der Waals surface area (Å²) in [4.78, 5) is 23.3. The molecule has 0 spiro atoms. The highest BCUT2D eigenvalue weighted by molar-refractivity contribution is 5.92. The van der Waals surface area contributed by atoms with Gasteiger partial charge in [-0.3, -0.25) is 9.59 Å². The summed E-state index contributed by atoms with van der Waals surface area (Å²) in [6, 6.07) is 8.71. The summed E-state index contributed by atoms with van der Waals surface area (Å²) < 4.78 is 19.1. The molecule has 1 aromatic carbocycles. The van der Waals surface area contributed by atoms with Crippen LogP contribution < -0.4 is 5.32 Å². The maximum absolute atomic E-state index is 13.7. The lowest BCUT2D eigenvalue weighted by molar-refractivity contribution is -0.142. The van der Waals surface area contributed by atoms with Crippen LogP contribution in [-0.2, 0) is 4.79 Å². The maximum Gasteiger partial charge on any atom is 0.308 e. The molecule has 1 saturated carbocycles. The molecule has 1 aliphatic carbocycles. The van der Waals surface area contributed by atoms with Gasteiger partial charge in [0.15, 0.2) is 5.76 Å². The van der Waals surface area contributed by atoms with Crippen molar-refractivity contribution in [3.8, 4) is 11.3 Å². The molecule has 120 valence electrons. The SMILES string of the molecule is O=C(N[C@H]1CCC[C@H]1C(=O)O)c1ccc(-c2ccccc2F)o1. The fourth-order valence-corrected chi connectivity index (χ4v) is 2.93. The van der Waals surface area contributed by atoms with Gasteiger partial charge >= 0.3 is 5.97 Å². The molecule has 0 bridgehead atoms. The van der Waals surface area contributed by atoms with E-state index in [9.17, 15) is 14.0 Å². The van der Waals surface area contributed by atoms with Gasteiger partial charge in [-0.15, -0.1) is 0 Å². The average molecular weight is 317 g/mol. The maximum atomic E-state index is 13.7. The Labute approximate surface area is 132 Å². The van der Waals surface area contributed by atoms with Crippen molar-refractivity contribution in [2.75, 3.05) is 0 Å². The van der Waals surface area contributed by atoms with Crippen LogP contribution in [0.5, 0.6) is 0 Å². The number of amides is 1. The van der Waals surface area contributed by atoms with E-state index in [4.69, 9.17) is 9.52 Å². The normalized spacial score (nSPS) is 20.4. The van der Waals surface area contributed by atoms with Crippen LogP contribution >= 0.6 is 0 Å². The molecule has 23 heavy (non-hydrogen) atoms. The average Bonchev–Trinajstić information content (AvgIpc) is 3.16. The van der Waals surface area contributed by atoms with Gasteiger partial charge < -0.3 is 14.8 Å². The Hall–Kier alpha value is -2.63. The Balaban J connectivity index is 1.74. The summed E-state index contributed by atoms with van der Waals surface area (Å²) in [5, 5.41) is 11.8. The second kappa shape index (κ2) is 6.24. The number of benzene rings is 1. The number of rotatable bonds is 4. The number of aliphatic carboxylic acids is 1. The minimum Gasteiger partial charge on any atom is -0.481 e. The van der Waals surface area contributed by atoms with Gasteiger partial charge in [-0.05, 0) is 37.1 Å².